The summed E-state index contributed by atoms with van der Waals surface area (Å²) in [4.78, 5) is 4.47. The summed E-state index contributed by atoms with van der Waals surface area (Å²) in [7, 11) is 0. The van der Waals surface area contributed by atoms with Gasteiger partial charge in [0.05, 0.1) is 17.4 Å². The molecule has 2 atom stereocenters. The normalized spacial score (nSPS) is 26.7. The van der Waals surface area contributed by atoms with E-state index >= 15 is 0 Å². The molecule has 2 unspecified atom stereocenters. The van der Waals surface area contributed by atoms with Gasteiger partial charge in [0.25, 0.3) is 0 Å². The predicted molar refractivity (Wildman–Crippen MR) is 83.1 cm³/mol. The summed E-state index contributed by atoms with van der Waals surface area (Å²) in [5.41, 5.74) is 2.11. The van der Waals surface area contributed by atoms with Crippen LogP contribution in [0.25, 0.3) is 0 Å². The maximum Gasteiger partial charge on any atom is 0.0992 e. The van der Waals surface area contributed by atoms with Crippen molar-refractivity contribution in [1.29, 1.82) is 0 Å². The largest absolute Gasteiger partial charge is 0.387 e. The van der Waals surface area contributed by atoms with E-state index in [1.807, 2.05) is 6.07 Å². The van der Waals surface area contributed by atoms with Crippen LogP contribution in [0.3, 0.4) is 0 Å². The number of hydrogen-bond donors (Lipinski definition) is 1. The highest BCUT2D eigenvalue weighted by atomic mass is 16.5. The Morgan fingerprint density at radius 3 is 2.95 bits per heavy atom. The van der Waals surface area contributed by atoms with Gasteiger partial charge in [-0.05, 0) is 49.7 Å². The van der Waals surface area contributed by atoms with Crippen LogP contribution in [0.5, 0.6) is 0 Å². The molecule has 1 aromatic rings. The monoisotopic (exact) mass is 289 g/mol. The van der Waals surface area contributed by atoms with E-state index in [1.54, 1.807) is 6.20 Å². The highest BCUT2D eigenvalue weighted by Crippen LogP contribution is 2.44. The lowest BCUT2D eigenvalue weighted by atomic mass is 9.74. The number of aliphatic hydroxyl groups is 1. The minimum absolute atomic E-state index is 0.0449. The third kappa shape index (κ3) is 3.14. The molecule has 0 amide bonds. The molecule has 0 aromatic carbocycles. The van der Waals surface area contributed by atoms with Crippen LogP contribution in [0.4, 0.5) is 0 Å². The van der Waals surface area contributed by atoms with Crippen molar-refractivity contribution in [1.82, 2.24) is 4.98 Å². The van der Waals surface area contributed by atoms with Gasteiger partial charge < -0.3 is 9.84 Å². The fourth-order valence-corrected chi connectivity index (χ4v) is 4.12. The molecule has 1 saturated heterocycles. The van der Waals surface area contributed by atoms with Crippen molar-refractivity contribution < 1.29 is 9.84 Å². The van der Waals surface area contributed by atoms with Gasteiger partial charge in [-0.15, -0.1) is 0 Å². The Balaban J connectivity index is 1.76. The van der Waals surface area contributed by atoms with Crippen LogP contribution in [0, 0.1) is 5.92 Å². The van der Waals surface area contributed by atoms with E-state index in [0.717, 1.165) is 31.6 Å². The van der Waals surface area contributed by atoms with E-state index in [4.69, 9.17) is 4.74 Å². The van der Waals surface area contributed by atoms with Crippen molar-refractivity contribution in [3.05, 3.63) is 29.6 Å². The third-order valence-electron chi connectivity index (χ3n) is 5.33. The zero-order valence-electron chi connectivity index (χ0n) is 13.1. The second-order valence-electron chi connectivity index (χ2n) is 6.69. The molecule has 2 fully saturated rings. The average Bonchev–Trinajstić information content (AvgIpc) is 2.55. The van der Waals surface area contributed by atoms with Gasteiger partial charge in [-0.1, -0.05) is 32.3 Å². The molecule has 2 aliphatic rings. The van der Waals surface area contributed by atoms with Crippen molar-refractivity contribution in [2.75, 3.05) is 6.61 Å². The maximum absolute atomic E-state index is 10.9. The third-order valence-corrected chi connectivity index (χ3v) is 5.33. The van der Waals surface area contributed by atoms with Gasteiger partial charge in [0.1, 0.15) is 0 Å². The minimum Gasteiger partial charge on any atom is -0.387 e. The van der Waals surface area contributed by atoms with Crippen LogP contribution in [0.15, 0.2) is 18.3 Å². The molecular formula is C18H27NO2. The number of aliphatic hydroxyl groups excluding tert-OH is 1. The summed E-state index contributed by atoms with van der Waals surface area (Å²) in [6.45, 7) is 2.91. The smallest absolute Gasteiger partial charge is 0.0992 e. The first-order valence-electron chi connectivity index (χ1n) is 8.50. The van der Waals surface area contributed by atoms with Gasteiger partial charge in [-0.2, -0.15) is 0 Å². The van der Waals surface area contributed by atoms with E-state index < -0.39 is 6.10 Å². The van der Waals surface area contributed by atoms with Gasteiger partial charge in [0.2, 0.25) is 0 Å². The van der Waals surface area contributed by atoms with Crippen LogP contribution < -0.4 is 0 Å². The molecule has 1 aliphatic heterocycles. The highest BCUT2D eigenvalue weighted by Gasteiger charge is 2.41. The van der Waals surface area contributed by atoms with Crippen LogP contribution in [0.2, 0.25) is 0 Å². The zero-order valence-corrected chi connectivity index (χ0v) is 13.1. The number of nitrogens with zero attached hydrogens (tertiary/aromatic N) is 1. The Labute approximate surface area is 127 Å². The van der Waals surface area contributed by atoms with Crippen molar-refractivity contribution in [2.24, 2.45) is 5.92 Å². The number of rotatable bonds is 3. The lowest BCUT2D eigenvalue weighted by Gasteiger charge is -2.44. The molecule has 3 heteroatoms. The number of pyridine rings is 1. The molecule has 1 spiro atoms. The van der Waals surface area contributed by atoms with Crippen LogP contribution in [-0.2, 0) is 11.2 Å². The maximum atomic E-state index is 10.9. The van der Waals surface area contributed by atoms with Crippen LogP contribution in [-0.4, -0.2) is 22.3 Å². The first-order valence-corrected chi connectivity index (χ1v) is 8.50. The quantitative estimate of drug-likeness (QED) is 0.920. The van der Waals surface area contributed by atoms with Crippen molar-refractivity contribution in [2.45, 2.75) is 70.0 Å². The zero-order chi connectivity index (χ0) is 14.7. The molecule has 3 nitrogen and oxygen atoms in total. The molecule has 2 heterocycles. The van der Waals surface area contributed by atoms with E-state index in [1.165, 1.54) is 37.7 Å². The van der Waals surface area contributed by atoms with Gasteiger partial charge in [0.15, 0.2) is 0 Å². The topological polar surface area (TPSA) is 42.4 Å². The van der Waals surface area contributed by atoms with Gasteiger partial charge in [-0.25, -0.2) is 0 Å². The van der Waals surface area contributed by atoms with E-state index in [0.29, 0.717) is 0 Å². The molecule has 3 rings (SSSR count). The van der Waals surface area contributed by atoms with Gasteiger partial charge in [-0.3, -0.25) is 4.98 Å². The standard InChI is InChI=1S/C18H27NO2/c1-2-14-7-6-11-19-16(14)17(20)15-8-12-21-18(13-15)9-4-3-5-10-18/h6-7,11,15,17,20H,2-5,8-10,12-13H2,1H3. The molecule has 1 aliphatic carbocycles. The Morgan fingerprint density at radius 2 is 2.19 bits per heavy atom. The first kappa shape index (κ1) is 15.0. The lowest BCUT2D eigenvalue weighted by Crippen LogP contribution is -2.43. The van der Waals surface area contributed by atoms with E-state index in [-0.39, 0.29) is 11.5 Å². The summed E-state index contributed by atoms with van der Waals surface area (Å²) < 4.78 is 6.15. The Hall–Kier alpha value is -0.930. The Morgan fingerprint density at radius 1 is 1.38 bits per heavy atom. The van der Waals surface area contributed by atoms with Gasteiger partial charge >= 0.3 is 0 Å². The molecule has 21 heavy (non-hydrogen) atoms. The fraction of sp³-hybridized carbons (Fsp3) is 0.722. The fourth-order valence-electron chi connectivity index (χ4n) is 4.12. The minimum atomic E-state index is -0.441. The molecule has 0 radical (unpaired) electrons. The SMILES string of the molecule is CCc1cccnc1C(O)C1CCOC2(CCCCC2)C1. The second kappa shape index (κ2) is 6.45. The van der Waals surface area contributed by atoms with E-state index in [2.05, 4.69) is 18.0 Å². The van der Waals surface area contributed by atoms with Crippen LogP contribution in [0.1, 0.15) is 69.2 Å². The Bertz CT molecular complexity index is 463. The van der Waals surface area contributed by atoms with E-state index in [9.17, 15) is 5.11 Å². The van der Waals surface area contributed by atoms with Crippen molar-refractivity contribution >= 4 is 0 Å². The number of aromatic nitrogens is 1. The van der Waals surface area contributed by atoms with Crippen molar-refractivity contribution in [3.63, 3.8) is 0 Å². The molecule has 1 aromatic heterocycles. The Kier molecular flexibility index (Phi) is 4.60. The highest BCUT2D eigenvalue weighted by molar-refractivity contribution is 5.22. The second-order valence-corrected chi connectivity index (χ2v) is 6.69. The molecule has 1 N–H and O–H groups in total. The molecule has 0 bridgehead atoms. The summed E-state index contributed by atoms with van der Waals surface area (Å²) in [6.07, 6.45) is 10.4. The predicted octanol–water partition coefficient (Wildman–Crippen LogP) is 3.81. The number of hydrogen-bond acceptors (Lipinski definition) is 3. The summed E-state index contributed by atoms with van der Waals surface area (Å²) in [6, 6.07) is 4.04. The first-order chi connectivity index (χ1) is 10.2. The van der Waals surface area contributed by atoms with Crippen LogP contribution >= 0.6 is 0 Å². The molecule has 1 saturated carbocycles. The molecular weight excluding hydrogens is 262 g/mol. The lowest BCUT2D eigenvalue weighted by molar-refractivity contribution is -0.134. The van der Waals surface area contributed by atoms with Gasteiger partial charge in [0, 0.05) is 12.8 Å². The number of aryl methyl sites for hydroxylation is 1. The molecule has 116 valence electrons. The summed E-state index contributed by atoms with van der Waals surface area (Å²) in [5, 5.41) is 10.9. The van der Waals surface area contributed by atoms with Crippen molar-refractivity contribution in [3.8, 4) is 0 Å². The number of ether oxygens (including phenoxy) is 1. The summed E-state index contributed by atoms with van der Waals surface area (Å²) >= 11 is 0. The average molecular weight is 289 g/mol. The summed E-state index contributed by atoms with van der Waals surface area (Å²) in [5.74, 6) is 0.289.